The summed E-state index contributed by atoms with van der Waals surface area (Å²) in [6.45, 7) is 3.84. The number of allylic oxidation sites excluding steroid dienone is 3. The largest absolute Gasteiger partial charge is 0.466 e. The van der Waals surface area contributed by atoms with Crippen LogP contribution >= 0.6 is 23.2 Å². The quantitative estimate of drug-likeness (QED) is 0.774. The van der Waals surface area contributed by atoms with Crippen LogP contribution in [0.5, 0.6) is 0 Å². The molecule has 3 rings (SSSR count). The molecule has 2 unspecified atom stereocenters. The summed E-state index contributed by atoms with van der Waals surface area (Å²) in [5.41, 5.74) is 3.02. The highest BCUT2D eigenvalue weighted by Gasteiger charge is 2.41. The van der Waals surface area contributed by atoms with Crippen molar-refractivity contribution >= 4 is 35.0 Å². The van der Waals surface area contributed by atoms with Crippen LogP contribution in [0, 0.1) is 5.92 Å². The number of dihydropyridines is 1. The second-order valence-electron chi connectivity index (χ2n) is 6.55. The minimum Gasteiger partial charge on any atom is -0.466 e. The van der Waals surface area contributed by atoms with Crippen molar-refractivity contribution in [2.24, 2.45) is 5.92 Å². The molecule has 0 fully saturated rings. The van der Waals surface area contributed by atoms with Crippen LogP contribution < -0.4 is 5.32 Å². The number of carbonyl (C=O) groups is 2. The Morgan fingerprint density at radius 1 is 1.24 bits per heavy atom. The number of carbonyl (C=O) groups excluding carboxylic acids is 2. The van der Waals surface area contributed by atoms with E-state index in [1.807, 2.05) is 6.92 Å². The zero-order valence-electron chi connectivity index (χ0n) is 14.3. The molecular weight excluding hydrogens is 361 g/mol. The highest BCUT2D eigenvalue weighted by Crippen LogP contribution is 2.47. The van der Waals surface area contributed by atoms with E-state index in [1.54, 1.807) is 25.1 Å². The van der Waals surface area contributed by atoms with Crippen LogP contribution in [0.3, 0.4) is 0 Å². The molecule has 1 aromatic carbocycles. The average molecular weight is 380 g/mol. The predicted octanol–water partition coefficient (Wildman–Crippen LogP) is 4.38. The molecule has 1 aromatic rings. The van der Waals surface area contributed by atoms with E-state index in [4.69, 9.17) is 27.9 Å². The zero-order valence-corrected chi connectivity index (χ0v) is 15.8. The third-order valence-corrected chi connectivity index (χ3v) is 5.38. The number of benzene rings is 1. The number of methoxy groups -OCH3 is 1. The first-order valence-corrected chi connectivity index (χ1v) is 8.87. The monoisotopic (exact) mass is 379 g/mol. The third-order valence-electron chi connectivity index (χ3n) is 4.73. The van der Waals surface area contributed by atoms with Gasteiger partial charge in [0.2, 0.25) is 0 Å². The Morgan fingerprint density at radius 2 is 1.88 bits per heavy atom. The summed E-state index contributed by atoms with van der Waals surface area (Å²) in [6, 6.07) is 5.17. The molecule has 0 radical (unpaired) electrons. The molecular formula is C19H19Cl2NO3. The molecule has 1 aliphatic heterocycles. The van der Waals surface area contributed by atoms with Crippen molar-refractivity contribution in [1.29, 1.82) is 0 Å². The van der Waals surface area contributed by atoms with E-state index in [0.29, 0.717) is 38.9 Å². The van der Waals surface area contributed by atoms with Gasteiger partial charge in [0, 0.05) is 39.0 Å². The Hall–Kier alpha value is -1.78. The molecule has 0 saturated heterocycles. The highest BCUT2D eigenvalue weighted by molar-refractivity contribution is 6.36. The van der Waals surface area contributed by atoms with Gasteiger partial charge in [-0.15, -0.1) is 0 Å². The summed E-state index contributed by atoms with van der Waals surface area (Å²) in [4.78, 5) is 25.3. The minimum absolute atomic E-state index is 0.0103. The molecule has 4 nitrogen and oxygen atoms in total. The average Bonchev–Trinajstić information content (AvgIpc) is 2.53. The molecule has 1 heterocycles. The number of hydrogen-bond acceptors (Lipinski definition) is 4. The molecule has 0 aromatic heterocycles. The standard InChI is InChI=1S/C19H19Cl2NO3/c1-9-7-13-17(14(23)8-9)18(15(10(2)22-13)19(24)25-3)16-11(20)5-4-6-12(16)21/h4-6,9,18,22H,7-8H2,1-3H3. The van der Waals surface area contributed by atoms with Crippen molar-refractivity contribution in [3.8, 4) is 0 Å². The van der Waals surface area contributed by atoms with Crippen molar-refractivity contribution in [1.82, 2.24) is 5.32 Å². The molecule has 0 amide bonds. The van der Waals surface area contributed by atoms with Crippen molar-refractivity contribution in [3.05, 3.63) is 56.3 Å². The number of Topliss-reactive ketones (excluding diaryl/α,β-unsaturated/α-hetero) is 1. The second kappa shape index (κ2) is 6.85. The van der Waals surface area contributed by atoms with Gasteiger partial charge in [0.25, 0.3) is 0 Å². The number of ether oxygens (including phenoxy) is 1. The van der Waals surface area contributed by atoms with E-state index < -0.39 is 11.9 Å². The lowest BCUT2D eigenvalue weighted by Crippen LogP contribution is -2.36. The maximum Gasteiger partial charge on any atom is 0.336 e. The number of hydrogen-bond donors (Lipinski definition) is 1. The summed E-state index contributed by atoms with van der Waals surface area (Å²) in [5, 5.41) is 4.08. The lowest BCUT2D eigenvalue weighted by Gasteiger charge is -2.36. The second-order valence-corrected chi connectivity index (χ2v) is 7.37. The van der Waals surface area contributed by atoms with Gasteiger partial charge >= 0.3 is 5.97 Å². The smallest absolute Gasteiger partial charge is 0.336 e. The van der Waals surface area contributed by atoms with Gasteiger partial charge in [-0.05, 0) is 31.4 Å². The van der Waals surface area contributed by atoms with Gasteiger partial charge in [0.15, 0.2) is 5.78 Å². The summed E-state index contributed by atoms with van der Waals surface area (Å²) in [6.07, 6.45) is 1.18. The maximum atomic E-state index is 12.8. The maximum absolute atomic E-state index is 12.8. The molecule has 0 spiro atoms. The fourth-order valence-corrected chi connectivity index (χ4v) is 4.31. The van der Waals surface area contributed by atoms with E-state index >= 15 is 0 Å². The van der Waals surface area contributed by atoms with Crippen molar-refractivity contribution in [2.75, 3.05) is 7.11 Å². The van der Waals surface area contributed by atoms with E-state index in [9.17, 15) is 9.59 Å². The number of esters is 1. The molecule has 1 N–H and O–H groups in total. The molecule has 2 aliphatic rings. The normalized spacial score (nSPS) is 23.3. The van der Waals surface area contributed by atoms with Gasteiger partial charge in [-0.2, -0.15) is 0 Å². The number of rotatable bonds is 2. The van der Waals surface area contributed by atoms with Crippen molar-refractivity contribution in [2.45, 2.75) is 32.6 Å². The summed E-state index contributed by atoms with van der Waals surface area (Å²) >= 11 is 12.8. The first-order valence-electron chi connectivity index (χ1n) is 8.11. The van der Waals surface area contributed by atoms with Crippen LogP contribution in [-0.4, -0.2) is 18.9 Å². The number of halogens is 2. The van der Waals surface area contributed by atoms with Crippen LogP contribution in [0.15, 0.2) is 40.7 Å². The van der Waals surface area contributed by atoms with Crippen LogP contribution in [0.25, 0.3) is 0 Å². The van der Waals surface area contributed by atoms with Crippen LogP contribution in [-0.2, 0) is 14.3 Å². The molecule has 1 aliphatic carbocycles. The summed E-state index contributed by atoms with van der Waals surface area (Å²) in [5.74, 6) is -0.862. The zero-order chi connectivity index (χ0) is 18.3. The lowest BCUT2D eigenvalue weighted by molar-refractivity contribution is -0.136. The molecule has 0 bridgehead atoms. The Kier molecular flexibility index (Phi) is 4.94. The van der Waals surface area contributed by atoms with E-state index in [-0.39, 0.29) is 11.7 Å². The van der Waals surface area contributed by atoms with Gasteiger partial charge in [-0.3, -0.25) is 4.79 Å². The van der Waals surface area contributed by atoms with E-state index in [1.165, 1.54) is 7.11 Å². The Balaban J connectivity index is 2.28. The molecule has 132 valence electrons. The minimum atomic E-state index is -0.620. The first-order chi connectivity index (χ1) is 11.8. The summed E-state index contributed by atoms with van der Waals surface area (Å²) in [7, 11) is 1.32. The number of nitrogens with one attached hydrogen (secondary N) is 1. The van der Waals surface area contributed by atoms with E-state index in [0.717, 1.165) is 12.1 Å². The third kappa shape index (κ3) is 3.09. The molecule has 2 atom stereocenters. The molecule has 0 saturated carbocycles. The van der Waals surface area contributed by atoms with Crippen LogP contribution in [0.4, 0.5) is 0 Å². The Morgan fingerprint density at radius 3 is 2.48 bits per heavy atom. The van der Waals surface area contributed by atoms with Crippen molar-refractivity contribution in [3.63, 3.8) is 0 Å². The fraction of sp³-hybridized carbons (Fsp3) is 0.368. The van der Waals surface area contributed by atoms with Gasteiger partial charge in [-0.1, -0.05) is 36.2 Å². The topological polar surface area (TPSA) is 55.4 Å². The van der Waals surface area contributed by atoms with E-state index in [2.05, 4.69) is 5.32 Å². The lowest BCUT2D eigenvalue weighted by atomic mass is 9.73. The van der Waals surface area contributed by atoms with Crippen molar-refractivity contribution < 1.29 is 14.3 Å². The van der Waals surface area contributed by atoms with Gasteiger partial charge in [0.1, 0.15) is 0 Å². The van der Waals surface area contributed by atoms with Crippen LogP contribution in [0.1, 0.15) is 38.2 Å². The van der Waals surface area contributed by atoms with Gasteiger partial charge in [-0.25, -0.2) is 4.79 Å². The Bertz CT molecular complexity index is 806. The van der Waals surface area contributed by atoms with Gasteiger partial charge < -0.3 is 10.1 Å². The predicted molar refractivity (Wildman–Crippen MR) is 97.5 cm³/mol. The Labute approximate surface area is 156 Å². The first kappa shape index (κ1) is 18.0. The van der Waals surface area contributed by atoms with Crippen LogP contribution in [0.2, 0.25) is 10.0 Å². The number of ketones is 1. The highest BCUT2D eigenvalue weighted by atomic mass is 35.5. The SMILES string of the molecule is COC(=O)C1=C(C)NC2=C(C(=O)CC(C)C2)C1c1c(Cl)cccc1Cl. The summed E-state index contributed by atoms with van der Waals surface area (Å²) < 4.78 is 4.97. The van der Waals surface area contributed by atoms with Gasteiger partial charge in [0.05, 0.1) is 18.6 Å². The molecule has 25 heavy (non-hydrogen) atoms. The molecule has 6 heteroatoms. The fourth-order valence-electron chi connectivity index (χ4n) is 3.69.